The van der Waals surface area contributed by atoms with Crippen LogP contribution >= 0.6 is 0 Å². The maximum atomic E-state index is 10.3. The van der Waals surface area contributed by atoms with Gasteiger partial charge in [-0.3, -0.25) is 4.55 Å². The van der Waals surface area contributed by atoms with Gasteiger partial charge in [0.15, 0.2) is 0 Å². The van der Waals surface area contributed by atoms with Gasteiger partial charge in [0.2, 0.25) is 0 Å². The zero-order valence-electron chi connectivity index (χ0n) is 12.3. The molecule has 0 aromatic rings. The Labute approximate surface area is 138 Å². The van der Waals surface area contributed by atoms with E-state index in [9.17, 15) is 8.42 Å². The van der Waals surface area contributed by atoms with Gasteiger partial charge in [-0.25, -0.2) is 4.18 Å². The zero-order valence-corrected chi connectivity index (χ0v) is 13.1. The fourth-order valence-corrected chi connectivity index (χ4v) is 2.44. The van der Waals surface area contributed by atoms with Crippen molar-refractivity contribution in [2.24, 2.45) is 0 Å². The quantitative estimate of drug-likeness (QED) is 0.291. The molecule has 6 heteroatoms. The van der Waals surface area contributed by atoms with Gasteiger partial charge in [0.25, 0.3) is 0 Å². The summed E-state index contributed by atoms with van der Waals surface area (Å²) in [6.45, 7) is 2.33. The third kappa shape index (κ3) is 20.8. The molecule has 0 aromatic heterocycles. The molecule has 0 radical (unpaired) electrons. The Bertz CT molecular complexity index is 281. The van der Waals surface area contributed by atoms with Crippen molar-refractivity contribution in [2.75, 3.05) is 6.61 Å². The first-order valence-corrected chi connectivity index (χ1v) is 9.04. The van der Waals surface area contributed by atoms with Gasteiger partial charge in [0, 0.05) is 0 Å². The van der Waals surface area contributed by atoms with Crippen LogP contribution in [-0.2, 0) is 14.6 Å². The van der Waals surface area contributed by atoms with Crippen LogP contribution in [0, 0.1) is 0 Å². The van der Waals surface area contributed by atoms with Crippen LogP contribution in [0.5, 0.6) is 0 Å². The van der Waals surface area contributed by atoms with Crippen molar-refractivity contribution in [1.82, 2.24) is 0 Å². The monoisotopic (exact) mass is 366 g/mol. The van der Waals surface area contributed by atoms with E-state index in [4.69, 9.17) is 4.55 Å². The van der Waals surface area contributed by atoms with E-state index in [2.05, 4.69) is 11.1 Å². The molecule has 0 fully saturated rings. The van der Waals surface area contributed by atoms with Gasteiger partial charge in [-0.1, -0.05) is 77.6 Å². The Kier molecular flexibility index (Phi) is 18.1. The predicted molar refractivity (Wildman–Crippen MR) is 88.5 cm³/mol. The van der Waals surface area contributed by atoms with Crippen LogP contribution in [0.3, 0.4) is 0 Å². The summed E-state index contributed by atoms with van der Waals surface area (Å²) in [7, 11) is -4.24. The van der Waals surface area contributed by atoms with Crippen molar-refractivity contribution in [2.45, 2.75) is 84.0 Å². The molecule has 4 nitrogen and oxygen atoms in total. The van der Waals surface area contributed by atoms with Crippen LogP contribution in [0.15, 0.2) is 0 Å². The molecule has 0 amide bonds. The average molecular weight is 367 g/mol. The summed E-state index contributed by atoms with van der Waals surface area (Å²) in [5, 5.41) is 0. The standard InChI is InChI=1S/C14H30O4S.Ga.3H/c1-2-3-4-5-6-7-8-9-10-11-12-13-14-18-19(15,16)17;;;;/h2-14H2,1H3,(H,15,16,17);;;;. The van der Waals surface area contributed by atoms with E-state index >= 15 is 0 Å². The van der Waals surface area contributed by atoms with Gasteiger partial charge < -0.3 is 0 Å². The summed E-state index contributed by atoms with van der Waals surface area (Å²) < 4.78 is 33.1. The summed E-state index contributed by atoms with van der Waals surface area (Å²) in [4.78, 5) is 0. The van der Waals surface area contributed by atoms with E-state index in [1.807, 2.05) is 0 Å². The van der Waals surface area contributed by atoms with Crippen molar-refractivity contribution in [3.05, 3.63) is 0 Å². The van der Waals surface area contributed by atoms with Gasteiger partial charge >= 0.3 is 30.2 Å². The second-order valence-electron chi connectivity index (χ2n) is 5.14. The molecule has 0 rings (SSSR count). The molecule has 0 unspecified atom stereocenters. The molecular weight excluding hydrogens is 334 g/mol. The first-order valence-electron chi connectivity index (χ1n) is 7.68. The Morgan fingerprint density at radius 3 is 1.45 bits per heavy atom. The minimum atomic E-state index is -4.24. The van der Waals surface area contributed by atoms with Gasteiger partial charge in [-0.15, -0.1) is 0 Å². The van der Waals surface area contributed by atoms with E-state index in [0.717, 1.165) is 12.8 Å². The number of hydrogen-bond acceptors (Lipinski definition) is 3. The molecule has 20 heavy (non-hydrogen) atoms. The van der Waals surface area contributed by atoms with Gasteiger partial charge in [-0.2, -0.15) is 8.42 Å². The van der Waals surface area contributed by atoms with Crippen LogP contribution in [0.4, 0.5) is 0 Å². The van der Waals surface area contributed by atoms with Crippen molar-refractivity contribution < 1.29 is 17.2 Å². The summed E-state index contributed by atoms with van der Waals surface area (Å²) in [5.41, 5.74) is 0. The molecule has 122 valence electrons. The number of rotatable bonds is 14. The molecule has 0 aliphatic carbocycles. The molecule has 0 spiro atoms. The molecule has 0 aromatic carbocycles. The first kappa shape index (κ1) is 22.8. The van der Waals surface area contributed by atoms with E-state index in [1.54, 1.807) is 0 Å². The zero-order chi connectivity index (χ0) is 14.4. The van der Waals surface area contributed by atoms with Crippen LogP contribution in [0.1, 0.15) is 84.0 Å². The van der Waals surface area contributed by atoms with E-state index in [1.165, 1.54) is 57.8 Å². The third-order valence-corrected chi connectivity index (χ3v) is 3.69. The second-order valence-corrected chi connectivity index (χ2v) is 6.23. The molecule has 0 aliphatic rings. The van der Waals surface area contributed by atoms with Gasteiger partial charge in [0.05, 0.1) is 6.61 Å². The number of unbranched alkanes of at least 4 members (excludes halogenated alkanes) is 11. The molecule has 0 aliphatic heterocycles. The Hall–Kier alpha value is 0.506. The van der Waals surface area contributed by atoms with Crippen LogP contribution in [0.2, 0.25) is 0 Å². The Morgan fingerprint density at radius 1 is 0.750 bits per heavy atom. The fraction of sp³-hybridized carbons (Fsp3) is 1.00. The van der Waals surface area contributed by atoms with Crippen molar-refractivity contribution >= 4 is 30.2 Å². The van der Waals surface area contributed by atoms with E-state index < -0.39 is 10.4 Å². The average Bonchev–Trinajstić information content (AvgIpc) is 2.34. The summed E-state index contributed by atoms with van der Waals surface area (Å²) in [6, 6.07) is 0. The summed E-state index contributed by atoms with van der Waals surface area (Å²) >= 11 is 0. The van der Waals surface area contributed by atoms with Crippen LogP contribution in [-0.4, -0.2) is 39.4 Å². The molecule has 0 bridgehead atoms. The first-order chi connectivity index (χ1) is 9.06. The second kappa shape index (κ2) is 15.9. The van der Waals surface area contributed by atoms with Gasteiger partial charge in [0.1, 0.15) is 0 Å². The molecule has 0 saturated carbocycles. The molecule has 0 saturated heterocycles. The minimum absolute atomic E-state index is 0. The Morgan fingerprint density at radius 2 is 1.10 bits per heavy atom. The van der Waals surface area contributed by atoms with Crippen molar-refractivity contribution in [3.8, 4) is 0 Å². The Balaban J connectivity index is 0. The maximum absolute atomic E-state index is 10.3. The fourth-order valence-electron chi connectivity index (χ4n) is 2.11. The van der Waals surface area contributed by atoms with Gasteiger partial charge in [-0.05, 0) is 6.42 Å². The molecular formula is C14H33GaO4S. The SMILES string of the molecule is CCCCCCCCCCCCCCOS(=O)(=O)O.[GaH3]. The molecule has 1 N–H and O–H groups in total. The number of hydrogen-bond donors (Lipinski definition) is 1. The van der Waals surface area contributed by atoms with E-state index in [-0.39, 0.29) is 26.4 Å². The topological polar surface area (TPSA) is 63.6 Å². The molecule has 0 heterocycles. The summed E-state index contributed by atoms with van der Waals surface area (Å²) in [5.74, 6) is 0. The normalized spacial score (nSPS) is 11.3. The van der Waals surface area contributed by atoms with Crippen molar-refractivity contribution in [1.29, 1.82) is 0 Å². The van der Waals surface area contributed by atoms with Crippen LogP contribution in [0.25, 0.3) is 0 Å². The molecule has 0 atom stereocenters. The van der Waals surface area contributed by atoms with Crippen molar-refractivity contribution in [3.63, 3.8) is 0 Å². The van der Waals surface area contributed by atoms with E-state index in [0.29, 0.717) is 6.42 Å². The predicted octanol–water partition coefficient (Wildman–Crippen LogP) is 3.32. The summed E-state index contributed by atoms with van der Waals surface area (Å²) in [6.07, 6.45) is 14.7. The van der Waals surface area contributed by atoms with Crippen LogP contribution < -0.4 is 0 Å². The third-order valence-electron chi connectivity index (χ3n) is 3.23.